The van der Waals surface area contributed by atoms with Crippen LogP contribution in [0.1, 0.15) is 93.2 Å². The fourth-order valence-electron chi connectivity index (χ4n) is 8.65. The molecule has 0 bridgehead atoms. The molecule has 3 aliphatic carbocycles. The van der Waals surface area contributed by atoms with Gasteiger partial charge in [-0.25, -0.2) is 0 Å². The molecule has 3 fully saturated rings. The number of rotatable bonds is 12. The molecular weight excluding hydrogens is 572 g/mol. The van der Waals surface area contributed by atoms with E-state index in [0.717, 1.165) is 69.2 Å². The fraction of sp³-hybridized carbons (Fsp3) is 0.500. The summed E-state index contributed by atoms with van der Waals surface area (Å²) in [6.45, 7) is 0.691. The number of benzene rings is 2. The van der Waals surface area contributed by atoms with Gasteiger partial charge in [0.1, 0.15) is 23.7 Å². The Morgan fingerprint density at radius 2 is 1.70 bits per heavy atom. The summed E-state index contributed by atoms with van der Waals surface area (Å²) in [6, 6.07) is 17.9. The summed E-state index contributed by atoms with van der Waals surface area (Å²) in [4.78, 5) is 15.8. The molecule has 2 aromatic heterocycles. The topological polar surface area (TPSA) is 98.6 Å². The first-order chi connectivity index (χ1) is 22.5. The molecule has 3 saturated carbocycles. The fourth-order valence-corrected chi connectivity index (χ4v) is 8.65. The highest BCUT2D eigenvalue weighted by atomic mass is 16.5. The molecule has 2 unspecified atom stereocenters. The molecule has 0 spiro atoms. The summed E-state index contributed by atoms with van der Waals surface area (Å²) < 4.78 is 12.9. The van der Waals surface area contributed by atoms with Gasteiger partial charge in [-0.15, -0.1) is 0 Å². The van der Waals surface area contributed by atoms with Crippen LogP contribution >= 0.6 is 0 Å². The smallest absolute Gasteiger partial charge is 0.307 e. The van der Waals surface area contributed by atoms with Gasteiger partial charge in [0.15, 0.2) is 0 Å². The lowest BCUT2D eigenvalue weighted by Crippen LogP contribution is -2.23. The van der Waals surface area contributed by atoms with Gasteiger partial charge in [0.2, 0.25) is 0 Å². The lowest BCUT2D eigenvalue weighted by Gasteiger charge is -2.36. The number of aliphatic carboxylic acids is 1. The van der Waals surface area contributed by atoms with Crippen LogP contribution in [0.3, 0.4) is 0 Å². The van der Waals surface area contributed by atoms with Crippen LogP contribution in [0.5, 0.6) is 5.75 Å². The molecule has 0 radical (unpaired) electrons. The Hall–Kier alpha value is -3.64. The molecule has 242 valence electrons. The van der Waals surface area contributed by atoms with E-state index in [0.29, 0.717) is 30.4 Å². The molecule has 6 nitrogen and oxygen atoms in total. The second-order valence-electron chi connectivity index (χ2n) is 14.4. The van der Waals surface area contributed by atoms with E-state index in [-0.39, 0.29) is 6.42 Å². The molecule has 0 saturated heterocycles. The van der Waals surface area contributed by atoms with Crippen LogP contribution in [0.2, 0.25) is 0 Å². The van der Waals surface area contributed by atoms with E-state index < -0.39 is 5.97 Å². The molecule has 3 aliphatic rings. The Labute approximate surface area is 272 Å². The number of furan rings is 1. The highest BCUT2D eigenvalue weighted by Crippen LogP contribution is 2.46. The standard InChI is InChI=1S/C40H48N2O4/c41-24-35-21-32(14-15-42-35)37-20-29(25-45-38-7-2-1-6-33(38)23-39(43)44)18-34-22-36(46-40(34)37)19-28-10-13-31(17-28)30-11-8-27(9-12-30)16-26-4-3-5-26/h1-2,6-7,14-15,18,20-22,26-28,30-31H,3-5,8-13,16-17,19,23-25,41H2,(H,43,44). The zero-order valence-corrected chi connectivity index (χ0v) is 27.0. The first kappa shape index (κ1) is 31.0. The minimum Gasteiger partial charge on any atom is -0.489 e. The third kappa shape index (κ3) is 7.17. The number of fused-ring (bicyclic) bond motifs is 1. The maximum Gasteiger partial charge on any atom is 0.307 e. The molecule has 7 rings (SSSR count). The number of para-hydroxylation sites is 1. The molecule has 4 aromatic rings. The van der Waals surface area contributed by atoms with Crippen molar-refractivity contribution < 1.29 is 19.1 Å². The predicted octanol–water partition coefficient (Wildman–Crippen LogP) is 9.12. The number of pyridine rings is 1. The van der Waals surface area contributed by atoms with Gasteiger partial charge in [-0.1, -0.05) is 50.3 Å². The first-order valence-electron chi connectivity index (χ1n) is 17.6. The van der Waals surface area contributed by atoms with Crippen molar-refractivity contribution in [3.63, 3.8) is 0 Å². The van der Waals surface area contributed by atoms with Crippen LogP contribution in [0.25, 0.3) is 22.1 Å². The van der Waals surface area contributed by atoms with Gasteiger partial charge in [-0.05, 0) is 116 Å². The van der Waals surface area contributed by atoms with Gasteiger partial charge >= 0.3 is 5.97 Å². The number of nitrogens with two attached hydrogens (primary N) is 1. The molecule has 2 aromatic carbocycles. The van der Waals surface area contributed by atoms with Crippen molar-refractivity contribution in [2.24, 2.45) is 35.3 Å². The van der Waals surface area contributed by atoms with Crippen molar-refractivity contribution in [1.82, 2.24) is 4.98 Å². The zero-order valence-electron chi connectivity index (χ0n) is 27.0. The van der Waals surface area contributed by atoms with Crippen molar-refractivity contribution in [3.8, 4) is 16.9 Å². The Morgan fingerprint density at radius 1 is 0.913 bits per heavy atom. The van der Waals surface area contributed by atoms with E-state index in [2.05, 4.69) is 23.2 Å². The quantitative estimate of drug-likeness (QED) is 0.164. The number of hydrogen-bond donors (Lipinski definition) is 2. The summed E-state index contributed by atoms with van der Waals surface area (Å²) in [5, 5.41) is 10.4. The van der Waals surface area contributed by atoms with E-state index in [1.165, 1.54) is 70.6 Å². The van der Waals surface area contributed by atoms with E-state index in [1.807, 2.05) is 30.3 Å². The van der Waals surface area contributed by atoms with Crippen molar-refractivity contribution >= 4 is 16.9 Å². The van der Waals surface area contributed by atoms with Gasteiger partial charge in [-0.2, -0.15) is 0 Å². The minimum atomic E-state index is -0.876. The third-order valence-corrected chi connectivity index (χ3v) is 11.3. The number of carboxylic acid groups (broad SMARTS) is 1. The first-order valence-corrected chi connectivity index (χ1v) is 17.6. The Morgan fingerprint density at radius 3 is 2.48 bits per heavy atom. The van der Waals surface area contributed by atoms with Crippen LogP contribution in [-0.4, -0.2) is 16.1 Å². The van der Waals surface area contributed by atoms with Crippen molar-refractivity contribution in [3.05, 3.63) is 83.4 Å². The number of ether oxygens (including phenoxy) is 1. The third-order valence-electron chi connectivity index (χ3n) is 11.3. The molecule has 46 heavy (non-hydrogen) atoms. The number of carboxylic acids is 1. The molecular formula is C40H48N2O4. The molecule has 0 aliphatic heterocycles. The molecule has 0 amide bonds. The van der Waals surface area contributed by atoms with E-state index >= 15 is 0 Å². The Kier molecular flexibility index (Phi) is 9.43. The van der Waals surface area contributed by atoms with Gasteiger partial charge in [0.25, 0.3) is 0 Å². The summed E-state index contributed by atoms with van der Waals surface area (Å²) >= 11 is 0. The largest absolute Gasteiger partial charge is 0.489 e. The van der Waals surface area contributed by atoms with E-state index in [4.69, 9.17) is 14.9 Å². The zero-order chi connectivity index (χ0) is 31.5. The normalized spacial score (nSPS) is 23.4. The summed E-state index contributed by atoms with van der Waals surface area (Å²) in [5.74, 6) is 5.32. The lowest BCUT2D eigenvalue weighted by molar-refractivity contribution is -0.136. The second kappa shape index (κ2) is 14.0. The maximum atomic E-state index is 11.4. The number of nitrogens with zero attached hydrogens (tertiary/aromatic N) is 1. The number of hydrogen-bond acceptors (Lipinski definition) is 5. The Bertz CT molecular complexity index is 1650. The van der Waals surface area contributed by atoms with Crippen LogP contribution in [0.15, 0.2) is 65.2 Å². The monoisotopic (exact) mass is 620 g/mol. The molecule has 2 atom stereocenters. The summed E-state index contributed by atoms with van der Waals surface area (Å²) in [7, 11) is 0. The average molecular weight is 621 g/mol. The van der Waals surface area contributed by atoms with Gasteiger partial charge in [0.05, 0.1) is 12.1 Å². The second-order valence-corrected chi connectivity index (χ2v) is 14.4. The average Bonchev–Trinajstić information content (AvgIpc) is 3.69. The summed E-state index contributed by atoms with van der Waals surface area (Å²) in [5.41, 5.74) is 11.3. The Balaban J connectivity index is 1.07. The predicted molar refractivity (Wildman–Crippen MR) is 181 cm³/mol. The molecule has 2 heterocycles. The van der Waals surface area contributed by atoms with Crippen LogP contribution in [0.4, 0.5) is 0 Å². The van der Waals surface area contributed by atoms with Crippen LogP contribution < -0.4 is 10.5 Å². The van der Waals surface area contributed by atoms with Crippen molar-refractivity contribution in [2.75, 3.05) is 0 Å². The van der Waals surface area contributed by atoms with Crippen LogP contribution in [-0.2, 0) is 30.8 Å². The van der Waals surface area contributed by atoms with Crippen molar-refractivity contribution in [1.29, 1.82) is 0 Å². The number of carbonyl (C=O) groups is 1. The highest BCUT2D eigenvalue weighted by Gasteiger charge is 2.34. The molecule has 6 heteroatoms. The minimum absolute atomic E-state index is 0.0753. The van der Waals surface area contributed by atoms with Gasteiger partial charge < -0.3 is 20.0 Å². The molecule has 3 N–H and O–H groups in total. The lowest BCUT2D eigenvalue weighted by atomic mass is 9.70. The van der Waals surface area contributed by atoms with Gasteiger partial charge in [-0.3, -0.25) is 9.78 Å². The van der Waals surface area contributed by atoms with Crippen molar-refractivity contribution in [2.45, 2.75) is 96.6 Å². The summed E-state index contributed by atoms with van der Waals surface area (Å²) in [6.07, 6.45) is 18.5. The maximum absolute atomic E-state index is 11.4. The number of aromatic nitrogens is 1. The van der Waals surface area contributed by atoms with Gasteiger partial charge in [0, 0.05) is 35.7 Å². The SMILES string of the molecule is NCc1cc(-c2cc(COc3ccccc3CC(=O)O)cc3cc(CC4CCC(C5CCC(CC6CCC6)CC5)C4)oc23)ccn1. The van der Waals surface area contributed by atoms with Crippen LogP contribution in [0, 0.1) is 29.6 Å². The van der Waals surface area contributed by atoms with E-state index in [1.54, 1.807) is 12.3 Å². The van der Waals surface area contributed by atoms with E-state index in [9.17, 15) is 9.90 Å². The highest BCUT2D eigenvalue weighted by molar-refractivity contribution is 5.93.